The third kappa shape index (κ3) is 3.01. The first-order chi connectivity index (χ1) is 8.47. The molecule has 1 aromatic carbocycles. The number of benzene rings is 1. The van der Waals surface area contributed by atoms with E-state index in [2.05, 4.69) is 9.38 Å². The van der Waals surface area contributed by atoms with Crippen LogP contribution in [0.3, 0.4) is 0 Å². The maximum absolute atomic E-state index is 11.8. The van der Waals surface area contributed by atoms with Crippen molar-refractivity contribution >= 4 is 28.1 Å². The summed E-state index contributed by atoms with van der Waals surface area (Å²) >= 11 is 0. The van der Waals surface area contributed by atoms with Gasteiger partial charge in [0.25, 0.3) is 0 Å². The van der Waals surface area contributed by atoms with Crippen molar-refractivity contribution in [2.45, 2.75) is 25.5 Å². The van der Waals surface area contributed by atoms with Crippen LogP contribution in [0.25, 0.3) is 10.9 Å². The van der Waals surface area contributed by atoms with Crippen LogP contribution in [0, 0.1) is 0 Å². The van der Waals surface area contributed by atoms with Crippen molar-refractivity contribution in [1.82, 2.24) is 4.98 Å². The summed E-state index contributed by atoms with van der Waals surface area (Å²) in [5.41, 5.74) is 1.65. The van der Waals surface area contributed by atoms with Gasteiger partial charge in [-0.3, -0.25) is 0 Å². The third-order valence-corrected chi connectivity index (χ3v) is 3.77. The van der Waals surface area contributed by atoms with E-state index in [9.17, 15) is 4.21 Å². The molecule has 0 fully saturated rings. The average Bonchev–Trinajstić information content (AvgIpc) is 2.34. The number of nitrogens with zero attached hydrogens (tertiary/aromatic N) is 2. The Morgan fingerprint density at radius 2 is 1.89 bits per heavy atom. The standard InChI is InChI=1S/C14H16N2OS/c1-14(2,3)18(17)15-10-12-9-8-11-6-4-5-7-13(11)16-12/h4-10H,1-3H3. The molecule has 3 nitrogen and oxygen atoms in total. The van der Waals surface area contributed by atoms with Gasteiger partial charge in [0.1, 0.15) is 11.0 Å². The predicted molar refractivity (Wildman–Crippen MR) is 77.2 cm³/mol. The average molecular weight is 260 g/mol. The summed E-state index contributed by atoms with van der Waals surface area (Å²) in [6, 6.07) is 11.8. The molecule has 0 aliphatic rings. The highest BCUT2D eigenvalue weighted by atomic mass is 32.2. The molecule has 0 spiro atoms. The van der Waals surface area contributed by atoms with E-state index in [0.29, 0.717) is 0 Å². The fourth-order valence-corrected chi connectivity index (χ4v) is 1.93. The molecule has 1 unspecified atom stereocenters. The van der Waals surface area contributed by atoms with Crippen LogP contribution in [0.15, 0.2) is 40.8 Å². The van der Waals surface area contributed by atoms with Crippen molar-refractivity contribution < 1.29 is 4.21 Å². The van der Waals surface area contributed by atoms with Crippen molar-refractivity contribution in [3.63, 3.8) is 0 Å². The topological polar surface area (TPSA) is 42.3 Å². The fourth-order valence-electron chi connectivity index (χ4n) is 1.41. The van der Waals surface area contributed by atoms with Crippen LogP contribution in [0.5, 0.6) is 0 Å². The summed E-state index contributed by atoms with van der Waals surface area (Å²) in [5.74, 6) is 0. The van der Waals surface area contributed by atoms with Gasteiger partial charge in [0.05, 0.1) is 22.2 Å². The molecule has 0 amide bonds. The minimum Gasteiger partial charge on any atom is -0.247 e. The Hall–Kier alpha value is -1.55. The lowest BCUT2D eigenvalue weighted by Gasteiger charge is -2.12. The Labute approximate surface area is 110 Å². The Bertz CT molecular complexity index is 614. The van der Waals surface area contributed by atoms with Gasteiger partial charge in [-0.2, -0.15) is 4.40 Å². The van der Waals surface area contributed by atoms with Crippen molar-refractivity contribution in [1.29, 1.82) is 0 Å². The zero-order valence-electron chi connectivity index (χ0n) is 10.8. The molecule has 2 aromatic rings. The monoisotopic (exact) mass is 260 g/mol. The van der Waals surface area contributed by atoms with Crippen LogP contribution in [-0.2, 0) is 11.0 Å². The Kier molecular flexibility index (Phi) is 3.57. The first-order valence-electron chi connectivity index (χ1n) is 5.79. The van der Waals surface area contributed by atoms with Crippen LogP contribution in [0.2, 0.25) is 0 Å². The second kappa shape index (κ2) is 4.98. The fraction of sp³-hybridized carbons (Fsp3) is 0.286. The highest BCUT2D eigenvalue weighted by Gasteiger charge is 2.18. The van der Waals surface area contributed by atoms with E-state index >= 15 is 0 Å². The first kappa shape index (κ1) is 12.9. The summed E-state index contributed by atoms with van der Waals surface area (Å²) in [4.78, 5) is 4.45. The van der Waals surface area contributed by atoms with Crippen LogP contribution >= 0.6 is 0 Å². The van der Waals surface area contributed by atoms with Gasteiger partial charge in [0, 0.05) is 5.39 Å². The molecular formula is C14H16N2OS. The van der Waals surface area contributed by atoms with Crippen molar-refractivity contribution in [2.75, 3.05) is 0 Å². The van der Waals surface area contributed by atoms with Crippen LogP contribution in [0.4, 0.5) is 0 Å². The number of rotatable bonds is 2. The summed E-state index contributed by atoms with van der Waals surface area (Å²) in [6.45, 7) is 5.69. The molecule has 0 bridgehead atoms. The minimum absolute atomic E-state index is 0.340. The molecule has 94 valence electrons. The maximum Gasteiger partial charge on any atom is 0.144 e. The van der Waals surface area contributed by atoms with E-state index in [1.807, 2.05) is 57.2 Å². The van der Waals surface area contributed by atoms with Crippen LogP contribution in [-0.4, -0.2) is 20.2 Å². The van der Waals surface area contributed by atoms with Gasteiger partial charge in [-0.15, -0.1) is 0 Å². The normalized spacial score (nSPS) is 14.2. The van der Waals surface area contributed by atoms with E-state index in [1.165, 1.54) is 0 Å². The van der Waals surface area contributed by atoms with E-state index < -0.39 is 11.0 Å². The largest absolute Gasteiger partial charge is 0.247 e. The highest BCUT2D eigenvalue weighted by molar-refractivity contribution is 7.85. The molecular weight excluding hydrogens is 244 g/mol. The molecule has 1 heterocycles. The molecule has 1 aromatic heterocycles. The van der Waals surface area contributed by atoms with Crippen molar-refractivity contribution in [3.05, 3.63) is 42.1 Å². The minimum atomic E-state index is -1.24. The van der Waals surface area contributed by atoms with Gasteiger partial charge in [-0.1, -0.05) is 24.3 Å². The lowest BCUT2D eigenvalue weighted by Crippen LogP contribution is -2.19. The predicted octanol–water partition coefficient (Wildman–Crippen LogP) is 3.12. The zero-order chi connectivity index (χ0) is 13.2. The number of hydrogen-bond donors (Lipinski definition) is 0. The number of hydrogen-bond acceptors (Lipinski definition) is 2. The second-order valence-electron chi connectivity index (χ2n) is 5.02. The third-order valence-electron chi connectivity index (χ3n) is 2.42. The van der Waals surface area contributed by atoms with Crippen molar-refractivity contribution in [3.8, 4) is 0 Å². The smallest absolute Gasteiger partial charge is 0.144 e. The Morgan fingerprint density at radius 1 is 1.17 bits per heavy atom. The van der Waals surface area contributed by atoms with Gasteiger partial charge in [-0.05, 0) is 32.9 Å². The lowest BCUT2D eigenvalue weighted by molar-refractivity contribution is 0.651. The number of pyridine rings is 1. The molecule has 2 rings (SSSR count). The highest BCUT2D eigenvalue weighted by Crippen LogP contribution is 2.13. The molecule has 0 saturated carbocycles. The molecule has 18 heavy (non-hydrogen) atoms. The molecule has 0 radical (unpaired) electrons. The number of para-hydroxylation sites is 1. The summed E-state index contributed by atoms with van der Waals surface area (Å²) < 4.78 is 15.5. The van der Waals surface area contributed by atoms with Gasteiger partial charge >= 0.3 is 0 Å². The van der Waals surface area contributed by atoms with Gasteiger partial charge in [0.2, 0.25) is 0 Å². The van der Waals surface area contributed by atoms with E-state index in [-0.39, 0.29) is 4.75 Å². The quantitative estimate of drug-likeness (QED) is 0.779. The summed E-state index contributed by atoms with van der Waals surface area (Å²) in [5, 5.41) is 1.09. The molecule has 0 aliphatic carbocycles. The lowest BCUT2D eigenvalue weighted by atomic mass is 10.2. The molecule has 0 saturated heterocycles. The zero-order valence-corrected chi connectivity index (χ0v) is 11.6. The Balaban J connectivity index is 2.27. The van der Waals surface area contributed by atoms with Crippen LogP contribution in [0.1, 0.15) is 26.5 Å². The summed E-state index contributed by atoms with van der Waals surface area (Å²) in [7, 11) is -1.24. The molecule has 1 atom stereocenters. The Morgan fingerprint density at radius 3 is 2.61 bits per heavy atom. The van der Waals surface area contributed by atoms with Gasteiger partial charge in [0.15, 0.2) is 0 Å². The van der Waals surface area contributed by atoms with Crippen LogP contribution < -0.4 is 0 Å². The van der Waals surface area contributed by atoms with E-state index in [0.717, 1.165) is 16.6 Å². The number of aromatic nitrogens is 1. The van der Waals surface area contributed by atoms with E-state index in [4.69, 9.17) is 0 Å². The first-order valence-corrected chi connectivity index (χ1v) is 6.89. The van der Waals surface area contributed by atoms with Gasteiger partial charge < -0.3 is 0 Å². The second-order valence-corrected chi connectivity index (χ2v) is 6.96. The summed E-state index contributed by atoms with van der Waals surface area (Å²) in [6.07, 6.45) is 1.58. The van der Waals surface area contributed by atoms with Crippen molar-refractivity contribution in [2.24, 2.45) is 4.40 Å². The van der Waals surface area contributed by atoms with Gasteiger partial charge in [-0.25, -0.2) is 9.19 Å². The molecule has 4 heteroatoms. The molecule has 0 N–H and O–H groups in total. The maximum atomic E-state index is 11.8. The number of fused-ring (bicyclic) bond motifs is 1. The SMILES string of the molecule is CC(C)(C)S(=O)N=Cc1ccc2ccccc2n1. The van der Waals surface area contributed by atoms with E-state index in [1.54, 1.807) is 6.21 Å². The molecule has 0 aliphatic heterocycles.